The zero-order valence-corrected chi connectivity index (χ0v) is 85.2. The zero-order chi connectivity index (χ0) is 93.6. The molecule has 12 aromatic carbocycles. The standard InChI is InChI=1S/4C13H7Br3O5.2C13H8Br2O5/c14-6-3-9(18)8(17)2-4(6)11(19)5-1-7(15)12(20)13(21)10(5)16;14-5-2-8(18)7(17)1-4(5)12(20)10-6(15)3-9(19)13(21)11(10)16;14-6-1-4(2-7(17)12(6)20)11(19)5-3-8(18)13(21)10(16)9(5)15;14-8-5(3-7(18)13(21)10(8)16)11(19)4-1-2-6(17)12(20)9(4)15;14-7-1-5(3-9(16)12(7)19)11(18)6-2-8(15)13(20)10(17)4-6;14-7-4-10(18)9(17)3-6(7)12(19)5-1-2-8(16)13(20)11(5)15/h1-3,17-18,20-21H;1-3,17-19,21H;2*1-3,17-18,20-21H;1-4,16-17,19-20H;1-4,16-18,20H. The van der Waals surface area contributed by atoms with Crippen LogP contribution in [0.15, 0.2) is 193 Å². The van der Waals surface area contributed by atoms with E-state index in [1.54, 1.807) is 0 Å². The second-order valence-electron chi connectivity index (χ2n) is 24.2. The molecule has 0 heterocycles. The summed E-state index contributed by atoms with van der Waals surface area (Å²) >= 11 is 49.2. The predicted molar refractivity (Wildman–Crippen MR) is 501 cm³/mol. The number of aromatic hydroxyl groups is 24. The van der Waals surface area contributed by atoms with Crippen molar-refractivity contribution in [3.8, 4) is 138 Å². The molecule has 30 nitrogen and oxygen atoms in total. The van der Waals surface area contributed by atoms with E-state index in [-0.39, 0.29) is 184 Å². The number of rotatable bonds is 12. The Morgan fingerprint density at radius 3 is 0.750 bits per heavy atom. The van der Waals surface area contributed by atoms with Gasteiger partial charge >= 0.3 is 0 Å². The first-order chi connectivity index (χ1) is 57.6. The molecule has 0 amide bonds. The number of hydrogen-bond donors (Lipinski definition) is 24. The summed E-state index contributed by atoms with van der Waals surface area (Å²) in [5.74, 6) is -13.1. The highest BCUT2D eigenvalue weighted by Gasteiger charge is 2.30. The lowest BCUT2D eigenvalue weighted by Gasteiger charge is -2.11. The molecule has 0 saturated carbocycles. The number of carbonyl (C=O) groups excluding carboxylic acids is 6. The van der Waals surface area contributed by atoms with Crippen LogP contribution in [0.3, 0.4) is 0 Å². The van der Waals surface area contributed by atoms with E-state index in [9.17, 15) is 151 Å². The topological polar surface area (TPSA) is 588 Å². The van der Waals surface area contributed by atoms with E-state index in [0.29, 0.717) is 0 Å². The van der Waals surface area contributed by atoms with Crippen LogP contribution in [0, 0.1) is 0 Å². The largest absolute Gasteiger partial charge is 0.504 e. The van der Waals surface area contributed by atoms with Gasteiger partial charge < -0.3 is 123 Å². The molecule has 0 radical (unpaired) electrons. The minimum Gasteiger partial charge on any atom is -0.504 e. The molecule has 46 heteroatoms. The van der Waals surface area contributed by atoms with Gasteiger partial charge in [-0.2, -0.15) is 0 Å². The summed E-state index contributed by atoms with van der Waals surface area (Å²) in [5.41, 5.74) is 1.07. The van der Waals surface area contributed by atoms with Gasteiger partial charge in [-0.3, -0.25) is 28.8 Å². The van der Waals surface area contributed by atoms with Gasteiger partial charge in [0.1, 0.15) is 0 Å². The van der Waals surface area contributed by atoms with E-state index in [1.807, 2.05) is 0 Å². The van der Waals surface area contributed by atoms with E-state index in [0.717, 1.165) is 48.5 Å². The van der Waals surface area contributed by atoms with Crippen molar-refractivity contribution in [2.75, 3.05) is 0 Å². The summed E-state index contributed by atoms with van der Waals surface area (Å²) < 4.78 is 2.61. The van der Waals surface area contributed by atoms with Gasteiger partial charge in [-0.25, -0.2) is 0 Å². The van der Waals surface area contributed by atoms with Crippen LogP contribution >= 0.6 is 255 Å². The second kappa shape index (κ2) is 42.9. The van der Waals surface area contributed by atoms with Crippen LogP contribution in [0.2, 0.25) is 0 Å². The third-order valence-electron chi connectivity index (χ3n) is 16.1. The molecule has 0 bridgehead atoms. The predicted octanol–water partition coefficient (Wildman–Crippen LogP) is 22.6. The van der Waals surface area contributed by atoms with Gasteiger partial charge in [-0.1, -0.05) is 0 Å². The Hall–Kier alpha value is -8.46. The van der Waals surface area contributed by atoms with E-state index in [2.05, 4.69) is 255 Å². The number of halogens is 16. The van der Waals surface area contributed by atoms with Crippen molar-refractivity contribution in [3.05, 3.63) is 260 Å². The lowest BCUT2D eigenvalue weighted by atomic mass is 10.0. The van der Waals surface area contributed by atoms with Gasteiger partial charge in [0.2, 0.25) is 0 Å². The average molecular weight is 2740 g/mol. The zero-order valence-electron chi connectivity index (χ0n) is 59.8. The highest BCUT2D eigenvalue weighted by Crippen LogP contribution is 2.50. The molecule has 648 valence electrons. The van der Waals surface area contributed by atoms with E-state index < -0.39 is 127 Å². The number of ketones is 6. The van der Waals surface area contributed by atoms with Crippen molar-refractivity contribution in [1.29, 1.82) is 0 Å². The minimum atomic E-state index is -0.536. The van der Waals surface area contributed by atoms with Crippen molar-refractivity contribution >= 4 is 290 Å². The second-order valence-corrected chi connectivity index (χ2v) is 37.4. The summed E-state index contributed by atoms with van der Waals surface area (Å²) in [5, 5.41) is 228. The van der Waals surface area contributed by atoms with Crippen molar-refractivity contribution in [3.63, 3.8) is 0 Å². The molecule has 12 rings (SSSR count). The fraction of sp³-hybridized carbons (Fsp3) is 0. The van der Waals surface area contributed by atoms with E-state index in [1.165, 1.54) is 72.8 Å². The number of benzene rings is 12. The van der Waals surface area contributed by atoms with Gasteiger partial charge in [-0.15, -0.1) is 0 Å². The maximum absolute atomic E-state index is 12.6. The molecule has 24 N–H and O–H groups in total. The maximum Gasteiger partial charge on any atom is 0.196 e. The van der Waals surface area contributed by atoms with Crippen molar-refractivity contribution in [2.24, 2.45) is 0 Å². The lowest BCUT2D eigenvalue weighted by Crippen LogP contribution is -2.05. The molecular formula is C78H44Br16O30. The fourth-order valence-electron chi connectivity index (χ4n) is 9.78. The molecule has 0 saturated heterocycles. The normalized spacial score (nSPS) is 10.6. The molecule has 0 aliphatic heterocycles. The molecule has 0 fully saturated rings. The molecular weight excluding hydrogens is 2700 g/mol. The van der Waals surface area contributed by atoms with Crippen molar-refractivity contribution < 1.29 is 151 Å². The van der Waals surface area contributed by atoms with Crippen LogP contribution in [0.1, 0.15) is 95.5 Å². The smallest absolute Gasteiger partial charge is 0.196 e. The first-order valence-electron chi connectivity index (χ1n) is 32.2. The molecule has 0 aromatic heterocycles. The fourth-order valence-corrected chi connectivity index (χ4v) is 17.9. The van der Waals surface area contributed by atoms with Gasteiger partial charge in [0.05, 0.1) is 50.3 Å². The van der Waals surface area contributed by atoms with Crippen LogP contribution in [-0.2, 0) is 0 Å². The van der Waals surface area contributed by atoms with E-state index >= 15 is 0 Å². The Morgan fingerprint density at radius 1 is 0.153 bits per heavy atom. The van der Waals surface area contributed by atoms with Crippen LogP contribution in [0.5, 0.6) is 138 Å². The van der Waals surface area contributed by atoms with Crippen molar-refractivity contribution in [1.82, 2.24) is 0 Å². The van der Waals surface area contributed by atoms with Gasteiger partial charge in [0.25, 0.3) is 0 Å². The average Bonchev–Trinajstić information content (AvgIpc) is 0.732. The number of carbonyl (C=O) groups is 6. The molecule has 0 atom stereocenters. The van der Waals surface area contributed by atoms with E-state index in [4.69, 9.17) is 0 Å². The Kier molecular flexibility index (Phi) is 35.5. The van der Waals surface area contributed by atoms with Gasteiger partial charge in [0.15, 0.2) is 173 Å². The lowest BCUT2D eigenvalue weighted by molar-refractivity contribution is 0.102. The van der Waals surface area contributed by atoms with Gasteiger partial charge in [-0.05, 0) is 376 Å². The van der Waals surface area contributed by atoms with Gasteiger partial charge in [0, 0.05) is 88.0 Å². The SMILES string of the molecule is O=C(c1cc(O)c(O)c(Br)c1)c1cc(O)c(O)c(Br)c1.O=C(c1cc(O)c(O)c(Br)c1)c1cc(O)c(O)c(Br)c1Br.O=C(c1cc(O)c(O)cc1Br)c1c(Br)cc(O)c(O)c1Br.O=C(c1cc(O)c(O)cc1Br)c1cc(Br)c(O)c(O)c1Br.O=C(c1cc(O)c(O)cc1Br)c1ccc(O)c(O)c1Br.O=C(c1ccc(O)c(O)c1Br)c1cc(O)c(O)c(Br)c1Br. The summed E-state index contributed by atoms with van der Waals surface area (Å²) in [6.07, 6.45) is 0. The van der Waals surface area contributed by atoms with Crippen LogP contribution < -0.4 is 0 Å². The Labute approximate surface area is 828 Å². The Bertz CT molecular complexity index is 6220. The maximum atomic E-state index is 12.6. The summed E-state index contributed by atoms with van der Waals surface area (Å²) in [6.45, 7) is 0. The molecule has 0 aliphatic rings. The minimum absolute atomic E-state index is 0.0128. The summed E-state index contributed by atoms with van der Waals surface area (Å²) in [7, 11) is 0. The Morgan fingerprint density at radius 2 is 0.395 bits per heavy atom. The molecule has 0 aliphatic carbocycles. The number of phenols is 24. The highest BCUT2D eigenvalue weighted by molar-refractivity contribution is 9.14. The highest BCUT2D eigenvalue weighted by atomic mass is 79.9. The quantitative estimate of drug-likeness (QED) is 0.0399. The Balaban J connectivity index is 0.000000204. The van der Waals surface area contributed by atoms with Crippen LogP contribution in [0.25, 0.3) is 0 Å². The first kappa shape index (κ1) is 103. The number of phenolic OH excluding ortho intramolecular Hbond substituents is 24. The molecule has 12 aromatic rings. The third kappa shape index (κ3) is 23.1. The van der Waals surface area contributed by atoms with Crippen LogP contribution in [-0.4, -0.2) is 157 Å². The first-order valence-corrected chi connectivity index (χ1v) is 44.9. The van der Waals surface area contributed by atoms with Crippen LogP contribution in [0.4, 0.5) is 0 Å². The molecule has 124 heavy (non-hydrogen) atoms. The third-order valence-corrected chi connectivity index (χ3v) is 28.6. The summed E-state index contributed by atoms with van der Waals surface area (Å²) in [6, 6.07) is 24.0. The molecule has 0 unspecified atom stereocenters. The summed E-state index contributed by atoms with van der Waals surface area (Å²) in [4.78, 5) is 74.6. The molecule has 0 spiro atoms. The van der Waals surface area contributed by atoms with Crippen molar-refractivity contribution in [2.45, 2.75) is 0 Å². The monoisotopic (exact) mass is 2720 g/mol. The number of hydrogen-bond acceptors (Lipinski definition) is 30.